The minimum absolute atomic E-state index is 0.892. The molecule has 0 saturated heterocycles. The topological polar surface area (TPSA) is 35.1 Å². The fraction of sp³-hybridized carbons (Fsp3) is 0.182. The van der Waals surface area contributed by atoms with Crippen LogP contribution in [0, 0.1) is 6.92 Å². The summed E-state index contributed by atoms with van der Waals surface area (Å²) in [4.78, 5) is 10.1. The molecule has 0 radical (unpaired) electrons. The molecule has 0 amide bonds. The molecule has 2 heterocycles. The van der Waals surface area contributed by atoms with Gasteiger partial charge in [0.05, 0.1) is 17.7 Å². The van der Waals surface area contributed by atoms with Crippen LogP contribution >= 0.6 is 27.3 Å². The molecule has 2 aromatic carbocycles. The van der Waals surface area contributed by atoms with Gasteiger partial charge in [-0.1, -0.05) is 46.3 Å². The zero-order valence-corrected chi connectivity index (χ0v) is 18.0. The van der Waals surface area contributed by atoms with Gasteiger partial charge in [0.15, 0.2) is 4.80 Å². The fourth-order valence-corrected chi connectivity index (χ4v) is 4.59. The first-order valence-corrected chi connectivity index (χ1v) is 10.9. The van der Waals surface area contributed by atoms with Gasteiger partial charge in [-0.15, -0.1) is 11.3 Å². The highest BCUT2D eigenvalue weighted by Crippen LogP contribution is 2.28. The fourth-order valence-electron chi connectivity index (χ4n) is 3.16. The van der Waals surface area contributed by atoms with Gasteiger partial charge in [0.25, 0.3) is 0 Å². The van der Waals surface area contributed by atoms with Crippen LogP contribution in [0.15, 0.2) is 82.1 Å². The smallest absolute Gasteiger partial charge is 0.190 e. The zero-order valence-electron chi connectivity index (χ0n) is 15.6. The minimum atomic E-state index is 0.892. The molecule has 0 aliphatic heterocycles. The number of thiazole rings is 1. The number of aryl methyl sites for hydroxylation is 2. The van der Waals surface area contributed by atoms with E-state index < -0.39 is 0 Å². The molecule has 2 aromatic heterocycles. The molecule has 4 rings (SSSR count). The Morgan fingerprint density at radius 2 is 2.00 bits per heavy atom. The van der Waals surface area contributed by atoms with Crippen molar-refractivity contribution in [3.05, 3.63) is 87.5 Å². The predicted octanol–water partition coefficient (Wildman–Crippen LogP) is 5.81. The van der Waals surface area contributed by atoms with Gasteiger partial charge in [-0.25, -0.2) is 9.98 Å². The summed E-state index contributed by atoms with van der Waals surface area (Å²) < 4.78 is 5.53. The van der Waals surface area contributed by atoms with E-state index in [0.717, 1.165) is 34.5 Å². The summed E-state index contributed by atoms with van der Waals surface area (Å²) in [7, 11) is 0. The Balaban J connectivity index is 1.72. The summed E-state index contributed by atoms with van der Waals surface area (Å²) >= 11 is 5.39. The van der Waals surface area contributed by atoms with Crippen molar-refractivity contribution in [1.82, 2.24) is 14.1 Å². The Bertz CT molecular complexity index is 1130. The molecule has 0 atom stereocenters. The van der Waals surface area contributed by atoms with Gasteiger partial charge >= 0.3 is 0 Å². The predicted molar refractivity (Wildman–Crippen MR) is 119 cm³/mol. The molecule has 4 nitrogen and oxygen atoms in total. The lowest BCUT2D eigenvalue weighted by atomic mass is 10.2. The van der Waals surface area contributed by atoms with Crippen molar-refractivity contribution >= 4 is 33.0 Å². The Morgan fingerprint density at radius 1 is 1.11 bits per heavy atom. The van der Waals surface area contributed by atoms with Gasteiger partial charge in [0, 0.05) is 40.9 Å². The van der Waals surface area contributed by atoms with Crippen LogP contribution in [0.1, 0.15) is 12.0 Å². The van der Waals surface area contributed by atoms with Gasteiger partial charge in [-0.2, -0.15) is 0 Å². The van der Waals surface area contributed by atoms with E-state index in [0.29, 0.717) is 0 Å². The average molecular weight is 453 g/mol. The molecule has 28 heavy (non-hydrogen) atoms. The van der Waals surface area contributed by atoms with Crippen molar-refractivity contribution in [2.45, 2.75) is 26.4 Å². The van der Waals surface area contributed by atoms with Gasteiger partial charge in [0.2, 0.25) is 0 Å². The largest absolute Gasteiger partial charge is 0.337 e. The van der Waals surface area contributed by atoms with E-state index in [9.17, 15) is 0 Å². The summed E-state index contributed by atoms with van der Waals surface area (Å²) in [6.07, 6.45) is 6.70. The van der Waals surface area contributed by atoms with Crippen molar-refractivity contribution in [1.29, 1.82) is 0 Å². The number of hydrogen-bond donors (Lipinski definition) is 0. The van der Waals surface area contributed by atoms with E-state index in [1.165, 1.54) is 16.8 Å². The first kappa shape index (κ1) is 18.9. The molecular formula is C22H21BrN4S. The number of rotatable bonds is 6. The van der Waals surface area contributed by atoms with Crippen LogP contribution in [0.25, 0.3) is 11.3 Å². The van der Waals surface area contributed by atoms with Crippen molar-refractivity contribution in [3.8, 4) is 11.3 Å². The second kappa shape index (κ2) is 8.71. The first-order valence-electron chi connectivity index (χ1n) is 9.21. The highest BCUT2D eigenvalue weighted by atomic mass is 79.9. The van der Waals surface area contributed by atoms with E-state index in [4.69, 9.17) is 4.99 Å². The van der Waals surface area contributed by atoms with Crippen LogP contribution in [0.5, 0.6) is 0 Å². The summed E-state index contributed by atoms with van der Waals surface area (Å²) in [5.74, 6) is 0. The van der Waals surface area contributed by atoms with Crippen molar-refractivity contribution < 1.29 is 0 Å². The monoisotopic (exact) mass is 452 g/mol. The maximum absolute atomic E-state index is 4.94. The molecule has 0 unspecified atom stereocenters. The molecule has 0 spiro atoms. The van der Waals surface area contributed by atoms with E-state index in [2.05, 4.69) is 84.8 Å². The Hall–Kier alpha value is -2.44. The maximum atomic E-state index is 4.94. The van der Waals surface area contributed by atoms with Crippen molar-refractivity contribution in [2.24, 2.45) is 4.99 Å². The molecule has 0 aliphatic rings. The van der Waals surface area contributed by atoms with Crippen LogP contribution in [0.2, 0.25) is 0 Å². The van der Waals surface area contributed by atoms with Crippen LogP contribution in [0.3, 0.4) is 0 Å². The van der Waals surface area contributed by atoms with Crippen LogP contribution < -0.4 is 4.80 Å². The van der Waals surface area contributed by atoms with Crippen LogP contribution in [0.4, 0.5) is 5.69 Å². The van der Waals surface area contributed by atoms with E-state index in [1.807, 2.05) is 24.8 Å². The molecular weight excluding hydrogens is 432 g/mol. The Morgan fingerprint density at radius 3 is 2.79 bits per heavy atom. The number of nitrogens with zero attached hydrogens (tertiary/aromatic N) is 4. The van der Waals surface area contributed by atoms with E-state index in [-0.39, 0.29) is 0 Å². The van der Waals surface area contributed by atoms with Gasteiger partial charge < -0.3 is 9.13 Å². The second-order valence-corrected chi connectivity index (χ2v) is 8.33. The molecule has 0 bridgehead atoms. The standard InChI is InChI=1S/C22H21BrN4S/c1-17-6-4-7-18(14-17)25-22-27(12-5-11-26-13-10-24-16-26)21(15-28-22)19-8-2-3-9-20(19)23/h2-4,6-10,13-16H,5,11-12H2,1H3. The van der Waals surface area contributed by atoms with Gasteiger partial charge in [-0.3, -0.25) is 0 Å². The lowest BCUT2D eigenvalue weighted by Crippen LogP contribution is -2.17. The summed E-state index contributed by atoms with van der Waals surface area (Å²) in [5.41, 5.74) is 4.58. The van der Waals surface area contributed by atoms with Crippen LogP contribution in [-0.2, 0) is 13.1 Å². The third-order valence-corrected chi connectivity index (χ3v) is 6.09. The number of aromatic nitrogens is 3. The Kier molecular flexibility index (Phi) is 5.88. The maximum Gasteiger partial charge on any atom is 0.190 e. The molecule has 6 heteroatoms. The van der Waals surface area contributed by atoms with Crippen molar-refractivity contribution in [3.63, 3.8) is 0 Å². The quantitative estimate of drug-likeness (QED) is 0.363. The number of halogens is 1. The third-order valence-electron chi connectivity index (χ3n) is 4.53. The first-order chi connectivity index (χ1) is 13.7. The normalized spacial score (nSPS) is 11.9. The molecule has 4 aromatic rings. The highest BCUT2D eigenvalue weighted by Gasteiger charge is 2.11. The average Bonchev–Trinajstić information content (AvgIpc) is 3.33. The second-order valence-electron chi connectivity index (χ2n) is 6.64. The van der Waals surface area contributed by atoms with Crippen molar-refractivity contribution in [2.75, 3.05) is 0 Å². The SMILES string of the molecule is Cc1cccc(N=c2scc(-c3ccccc3Br)n2CCCn2ccnc2)c1. The number of hydrogen-bond acceptors (Lipinski definition) is 3. The molecule has 0 saturated carbocycles. The number of imidazole rings is 1. The summed E-state index contributed by atoms with van der Waals surface area (Å²) in [5, 5.41) is 2.20. The molecule has 142 valence electrons. The lowest BCUT2D eigenvalue weighted by Gasteiger charge is -2.11. The summed E-state index contributed by atoms with van der Waals surface area (Å²) in [6, 6.07) is 16.7. The van der Waals surface area contributed by atoms with Gasteiger partial charge in [0.1, 0.15) is 0 Å². The summed E-state index contributed by atoms with van der Waals surface area (Å²) in [6.45, 7) is 3.92. The van der Waals surface area contributed by atoms with Gasteiger partial charge in [-0.05, 0) is 37.1 Å². The Labute approximate surface area is 177 Å². The third kappa shape index (κ3) is 4.34. The molecule has 0 N–H and O–H groups in total. The molecule has 0 aliphatic carbocycles. The highest BCUT2D eigenvalue weighted by molar-refractivity contribution is 9.10. The van der Waals surface area contributed by atoms with Crippen LogP contribution in [-0.4, -0.2) is 14.1 Å². The minimum Gasteiger partial charge on any atom is -0.337 e. The van der Waals surface area contributed by atoms with E-state index >= 15 is 0 Å². The zero-order chi connectivity index (χ0) is 19.3. The number of benzene rings is 2. The van der Waals surface area contributed by atoms with E-state index in [1.54, 1.807) is 11.3 Å². The lowest BCUT2D eigenvalue weighted by molar-refractivity contribution is 0.559. The molecule has 0 fully saturated rings.